The van der Waals surface area contributed by atoms with Gasteiger partial charge < -0.3 is 24.9 Å². The summed E-state index contributed by atoms with van der Waals surface area (Å²) in [4.78, 5) is 41.0. The number of anilines is 1. The first-order valence-electron chi connectivity index (χ1n) is 10.9. The Hall–Kier alpha value is -4.47. The second kappa shape index (κ2) is 10.2. The Morgan fingerprint density at radius 3 is 2.63 bits per heavy atom. The highest BCUT2D eigenvalue weighted by Gasteiger charge is 2.27. The molecule has 0 saturated heterocycles. The van der Waals surface area contributed by atoms with Crippen molar-refractivity contribution in [3.05, 3.63) is 72.1 Å². The number of nitrogens with zero attached hydrogens (tertiary/aromatic N) is 3. The molecule has 10 heteroatoms. The summed E-state index contributed by atoms with van der Waals surface area (Å²) in [7, 11) is 3.02. The van der Waals surface area contributed by atoms with E-state index < -0.39 is 12.0 Å². The molecule has 1 aromatic carbocycles. The van der Waals surface area contributed by atoms with Crippen LogP contribution in [0.3, 0.4) is 0 Å². The molecule has 0 aliphatic rings. The Morgan fingerprint density at radius 1 is 1.11 bits per heavy atom. The zero-order chi connectivity index (χ0) is 24.9. The Kier molecular flexibility index (Phi) is 6.91. The topological polar surface area (TPSA) is 139 Å². The summed E-state index contributed by atoms with van der Waals surface area (Å²) in [6.07, 6.45) is 7.70. The van der Waals surface area contributed by atoms with Gasteiger partial charge in [-0.15, -0.1) is 0 Å². The van der Waals surface area contributed by atoms with Gasteiger partial charge in [0.05, 0.1) is 56.8 Å². The van der Waals surface area contributed by atoms with Crippen molar-refractivity contribution in [2.45, 2.75) is 25.3 Å². The molecule has 0 saturated carbocycles. The average molecular weight is 476 g/mol. The van der Waals surface area contributed by atoms with Gasteiger partial charge >= 0.3 is 5.97 Å². The predicted molar refractivity (Wildman–Crippen MR) is 129 cm³/mol. The van der Waals surface area contributed by atoms with Gasteiger partial charge in [0.1, 0.15) is 11.8 Å². The van der Waals surface area contributed by atoms with Gasteiger partial charge in [-0.1, -0.05) is 25.1 Å². The second-order valence-corrected chi connectivity index (χ2v) is 8.01. The van der Waals surface area contributed by atoms with Crippen molar-refractivity contribution >= 4 is 28.3 Å². The standard InChI is InChI=1S/C25H25N5O5/c1-14(7-22(31)32)17-5-4-6-18-19(11-29-23(17)18)25(33)24(20-12-28-21(35-3)13-27-20)30-15-8-16(34-2)10-26-9-15/h4-6,8-14,24,29-30H,7H2,1-3H3,(H,31,32). The zero-order valence-corrected chi connectivity index (χ0v) is 19.5. The number of ether oxygens (including phenoxy) is 2. The first-order valence-corrected chi connectivity index (χ1v) is 10.9. The Morgan fingerprint density at radius 2 is 1.94 bits per heavy atom. The summed E-state index contributed by atoms with van der Waals surface area (Å²) in [5.41, 5.74) is 2.96. The van der Waals surface area contributed by atoms with Crippen molar-refractivity contribution in [1.82, 2.24) is 19.9 Å². The highest BCUT2D eigenvalue weighted by molar-refractivity contribution is 6.11. The van der Waals surface area contributed by atoms with Crippen LogP contribution < -0.4 is 14.8 Å². The van der Waals surface area contributed by atoms with Crippen LogP contribution in [0.15, 0.2) is 55.2 Å². The van der Waals surface area contributed by atoms with Gasteiger partial charge in [0.15, 0.2) is 5.78 Å². The van der Waals surface area contributed by atoms with Crippen LogP contribution >= 0.6 is 0 Å². The SMILES string of the molecule is COc1cncc(NC(C(=O)c2c[nH]c3c(C(C)CC(=O)O)cccc23)c2cnc(OC)cn2)c1. The van der Waals surface area contributed by atoms with E-state index in [0.717, 1.165) is 11.1 Å². The summed E-state index contributed by atoms with van der Waals surface area (Å²) >= 11 is 0. The van der Waals surface area contributed by atoms with Crippen molar-refractivity contribution in [2.24, 2.45) is 0 Å². The number of aromatic nitrogens is 4. The number of rotatable bonds is 10. The number of carbonyl (C=O) groups excluding carboxylic acids is 1. The van der Waals surface area contributed by atoms with Crippen molar-refractivity contribution in [3.8, 4) is 11.6 Å². The van der Waals surface area contributed by atoms with Crippen molar-refractivity contribution in [1.29, 1.82) is 0 Å². The predicted octanol–water partition coefficient (Wildman–Crippen LogP) is 3.98. The minimum absolute atomic E-state index is 0.0180. The maximum atomic E-state index is 13.9. The van der Waals surface area contributed by atoms with Crippen LogP contribution in [-0.2, 0) is 4.79 Å². The minimum atomic E-state index is -0.888. The van der Waals surface area contributed by atoms with E-state index in [2.05, 4.69) is 25.3 Å². The largest absolute Gasteiger partial charge is 0.495 e. The fourth-order valence-corrected chi connectivity index (χ4v) is 3.95. The summed E-state index contributed by atoms with van der Waals surface area (Å²) < 4.78 is 10.3. The molecule has 3 aromatic heterocycles. The molecule has 4 rings (SSSR count). The molecule has 0 amide bonds. The number of carboxylic acids is 1. The van der Waals surface area contributed by atoms with Crippen LogP contribution in [0.4, 0.5) is 5.69 Å². The number of hydrogen-bond donors (Lipinski definition) is 3. The molecule has 0 fully saturated rings. The molecule has 0 aliphatic carbocycles. The van der Waals surface area contributed by atoms with Gasteiger partial charge in [-0.3, -0.25) is 19.6 Å². The lowest BCUT2D eigenvalue weighted by atomic mass is 9.94. The molecule has 0 aliphatic heterocycles. The van der Waals surface area contributed by atoms with E-state index in [1.165, 1.54) is 26.6 Å². The van der Waals surface area contributed by atoms with E-state index in [1.54, 1.807) is 24.7 Å². The molecule has 10 nitrogen and oxygen atoms in total. The number of fused-ring (bicyclic) bond motifs is 1. The number of aromatic amines is 1. The van der Waals surface area contributed by atoms with Crippen LogP contribution in [-0.4, -0.2) is 51.0 Å². The van der Waals surface area contributed by atoms with Crippen LogP contribution in [0, 0.1) is 0 Å². The molecule has 0 bridgehead atoms. The molecule has 35 heavy (non-hydrogen) atoms. The van der Waals surface area contributed by atoms with Crippen LogP contribution in [0.2, 0.25) is 0 Å². The van der Waals surface area contributed by atoms with Gasteiger partial charge in [0.25, 0.3) is 0 Å². The van der Waals surface area contributed by atoms with Gasteiger partial charge in [0, 0.05) is 28.7 Å². The van der Waals surface area contributed by atoms with Crippen molar-refractivity contribution < 1.29 is 24.2 Å². The normalized spacial score (nSPS) is 12.7. The number of Topliss-reactive ketones (excluding diaryl/α,β-unsaturated/α-hetero) is 1. The molecule has 0 radical (unpaired) electrons. The van der Waals surface area contributed by atoms with Crippen LogP contribution in [0.5, 0.6) is 11.6 Å². The van der Waals surface area contributed by atoms with Crippen molar-refractivity contribution in [2.75, 3.05) is 19.5 Å². The molecule has 4 aromatic rings. The average Bonchev–Trinajstić information content (AvgIpc) is 3.31. The quantitative estimate of drug-likeness (QED) is 0.291. The van der Waals surface area contributed by atoms with E-state index in [1.807, 2.05) is 25.1 Å². The fraction of sp³-hybridized carbons (Fsp3) is 0.240. The molecule has 180 valence electrons. The zero-order valence-electron chi connectivity index (χ0n) is 19.5. The third-order valence-corrected chi connectivity index (χ3v) is 5.70. The molecular weight excluding hydrogens is 450 g/mol. The number of nitrogens with one attached hydrogen (secondary N) is 2. The summed E-state index contributed by atoms with van der Waals surface area (Å²) in [6.45, 7) is 1.85. The fourth-order valence-electron chi connectivity index (χ4n) is 3.95. The van der Waals surface area contributed by atoms with Gasteiger partial charge in [-0.05, 0) is 11.5 Å². The smallest absolute Gasteiger partial charge is 0.303 e. The maximum Gasteiger partial charge on any atom is 0.303 e. The number of para-hydroxylation sites is 1. The number of aliphatic carboxylic acids is 1. The van der Waals surface area contributed by atoms with Crippen molar-refractivity contribution in [3.63, 3.8) is 0 Å². The van der Waals surface area contributed by atoms with E-state index in [9.17, 15) is 14.7 Å². The highest BCUT2D eigenvalue weighted by Crippen LogP contribution is 2.32. The van der Waals surface area contributed by atoms with E-state index >= 15 is 0 Å². The summed E-state index contributed by atoms with van der Waals surface area (Å²) in [5, 5.41) is 13.1. The van der Waals surface area contributed by atoms with E-state index in [0.29, 0.717) is 34.0 Å². The molecular formula is C25H25N5O5. The summed E-state index contributed by atoms with van der Waals surface area (Å²) in [6, 6.07) is 6.36. The molecule has 0 spiro atoms. The number of carbonyl (C=O) groups is 2. The Labute approximate surface area is 201 Å². The lowest BCUT2D eigenvalue weighted by Gasteiger charge is -2.18. The first kappa shape index (κ1) is 23.7. The highest BCUT2D eigenvalue weighted by atomic mass is 16.5. The molecule has 2 unspecified atom stereocenters. The second-order valence-electron chi connectivity index (χ2n) is 8.01. The number of pyridine rings is 1. The lowest BCUT2D eigenvalue weighted by molar-refractivity contribution is -0.137. The minimum Gasteiger partial charge on any atom is -0.495 e. The third kappa shape index (κ3) is 5.06. The monoisotopic (exact) mass is 475 g/mol. The van der Waals surface area contributed by atoms with E-state index in [-0.39, 0.29) is 18.1 Å². The van der Waals surface area contributed by atoms with Gasteiger partial charge in [0.2, 0.25) is 5.88 Å². The molecule has 3 N–H and O–H groups in total. The van der Waals surface area contributed by atoms with Crippen LogP contribution in [0.1, 0.15) is 46.9 Å². The third-order valence-electron chi connectivity index (χ3n) is 5.70. The first-order chi connectivity index (χ1) is 16.9. The summed E-state index contributed by atoms with van der Waals surface area (Å²) in [5.74, 6) is -0.506. The number of benzene rings is 1. The van der Waals surface area contributed by atoms with Gasteiger partial charge in [-0.2, -0.15) is 0 Å². The number of H-pyrrole nitrogens is 1. The lowest BCUT2D eigenvalue weighted by Crippen LogP contribution is -2.22. The number of methoxy groups -OCH3 is 2. The van der Waals surface area contributed by atoms with Gasteiger partial charge in [-0.25, -0.2) is 4.98 Å². The Bertz CT molecular complexity index is 1350. The molecule has 2 atom stereocenters. The molecule has 3 heterocycles. The maximum absolute atomic E-state index is 13.9. The Balaban J connectivity index is 1.75. The van der Waals surface area contributed by atoms with E-state index in [4.69, 9.17) is 9.47 Å². The number of hydrogen-bond acceptors (Lipinski definition) is 8. The number of ketones is 1. The van der Waals surface area contributed by atoms with Crippen LogP contribution in [0.25, 0.3) is 10.9 Å². The number of carboxylic acid groups (broad SMARTS) is 1.